The van der Waals surface area contributed by atoms with Gasteiger partial charge in [0.15, 0.2) is 6.10 Å². The molecule has 0 saturated heterocycles. The van der Waals surface area contributed by atoms with Crippen LogP contribution in [-0.4, -0.2) is 16.2 Å². The third-order valence-electron chi connectivity index (χ3n) is 1.80. The maximum atomic E-state index is 12.4. The molecular weight excluding hydrogens is 293 g/mol. The predicted octanol–water partition coefficient (Wildman–Crippen LogP) is 2.59. The van der Waals surface area contributed by atoms with E-state index in [-0.39, 0.29) is 10.0 Å². The van der Waals surface area contributed by atoms with Crippen LogP contribution in [0.1, 0.15) is 17.2 Å². The number of aliphatic hydroxyl groups is 1. The number of benzene rings is 1. The Morgan fingerprint density at radius 1 is 1.31 bits per heavy atom. The molecule has 0 aliphatic rings. The SMILES string of the molecule is O=C(O)C(O)c1cc(Br)cc(C(F)(F)F)c1. The second-order valence-corrected chi connectivity index (χ2v) is 3.93. The predicted molar refractivity (Wildman–Crippen MR) is 51.7 cm³/mol. The average Bonchev–Trinajstić information content (AvgIpc) is 2.14. The van der Waals surface area contributed by atoms with Gasteiger partial charge in [0, 0.05) is 4.47 Å². The van der Waals surface area contributed by atoms with Gasteiger partial charge in [-0.25, -0.2) is 4.79 Å². The molecule has 7 heteroatoms. The third-order valence-corrected chi connectivity index (χ3v) is 2.25. The number of carbonyl (C=O) groups is 1. The van der Waals surface area contributed by atoms with E-state index in [4.69, 9.17) is 10.2 Å². The molecule has 1 rings (SSSR count). The number of aliphatic hydroxyl groups excluding tert-OH is 1. The zero-order valence-corrected chi connectivity index (χ0v) is 9.21. The highest BCUT2D eigenvalue weighted by atomic mass is 79.9. The molecule has 0 radical (unpaired) electrons. The number of rotatable bonds is 2. The van der Waals surface area contributed by atoms with Gasteiger partial charge in [0.05, 0.1) is 5.56 Å². The molecule has 0 aliphatic heterocycles. The van der Waals surface area contributed by atoms with Crippen molar-refractivity contribution in [2.45, 2.75) is 12.3 Å². The van der Waals surface area contributed by atoms with E-state index >= 15 is 0 Å². The molecule has 0 aliphatic carbocycles. The smallest absolute Gasteiger partial charge is 0.416 e. The maximum absolute atomic E-state index is 12.4. The molecule has 3 nitrogen and oxygen atoms in total. The maximum Gasteiger partial charge on any atom is 0.416 e. The Bertz CT molecular complexity index is 417. The van der Waals surface area contributed by atoms with Crippen LogP contribution in [0.4, 0.5) is 13.2 Å². The largest absolute Gasteiger partial charge is 0.479 e. The summed E-state index contributed by atoms with van der Waals surface area (Å²) < 4.78 is 37.1. The quantitative estimate of drug-likeness (QED) is 0.882. The van der Waals surface area contributed by atoms with Gasteiger partial charge in [0.25, 0.3) is 0 Å². The summed E-state index contributed by atoms with van der Waals surface area (Å²) in [7, 11) is 0. The number of carboxylic acids is 1. The van der Waals surface area contributed by atoms with E-state index in [1.54, 1.807) is 0 Å². The van der Waals surface area contributed by atoms with E-state index in [0.29, 0.717) is 6.07 Å². The van der Waals surface area contributed by atoms with Crippen molar-refractivity contribution in [3.8, 4) is 0 Å². The summed E-state index contributed by atoms with van der Waals surface area (Å²) in [6, 6.07) is 2.52. The molecule has 0 spiro atoms. The first-order valence-corrected chi connectivity index (χ1v) is 4.79. The Balaban J connectivity index is 3.23. The molecule has 1 aromatic rings. The molecule has 16 heavy (non-hydrogen) atoms. The van der Waals surface area contributed by atoms with Gasteiger partial charge in [-0.2, -0.15) is 13.2 Å². The van der Waals surface area contributed by atoms with Crippen molar-refractivity contribution in [2.24, 2.45) is 0 Å². The van der Waals surface area contributed by atoms with Crippen molar-refractivity contribution in [1.82, 2.24) is 0 Å². The highest BCUT2D eigenvalue weighted by Gasteiger charge is 2.32. The number of alkyl halides is 3. The monoisotopic (exact) mass is 298 g/mol. The summed E-state index contributed by atoms with van der Waals surface area (Å²) in [6.07, 6.45) is -6.56. The van der Waals surface area contributed by atoms with Gasteiger partial charge in [0.2, 0.25) is 0 Å². The summed E-state index contributed by atoms with van der Waals surface area (Å²) in [6.45, 7) is 0. The van der Waals surface area contributed by atoms with Crippen molar-refractivity contribution in [3.05, 3.63) is 33.8 Å². The molecule has 1 atom stereocenters. The number of hydrogen-bond acceptors (Lipinski definition) is 2. The third kappa shape index (κ3) is 2.96. The van der Waals surface area contributed by atoms with Crippen LogP contribution in [0.15, 0.2) is 22.7 Å². The van der Waals surface area contributed by atoms with Crippen LogP contribution in [-0.2, 0) is 11.0 Å². The summed E-state index contributed by atoms with van der Waals surface area (Å²) in [4.78, 5) is 10.4. The zero-order valence-electron chi connectivity index (χ0n) is 7.62. The summed E-state index contributed by atoms with van der Waals surface area (Å²) in [5, 5.41) is 17.6. The molecule has 0 bridgehead atoms. The Hall–Kier alpha value is -1.08. The Morgan fingerprint density at radius 3 is 2.31 bits per heavy atom. The fourth-order valence-corrected chi connectivity index (χ4v) is 1.59. The molecule has 88 valence electrons. The number of aliphatic carboxylic acids is 1. The van der Waals surface area contributed by atoms with Gasteiger partial charge in [-0.15, -0.1) is 0 Å². The van der Waals surface area contributed by atoms with Crippen molar-refractivity contribution >= 4 is 21.9 Å². The molecule has 1 aromatic carbocycles. The van der Waals surface area contributed by atoms with Crippen LogP contribution in [0.25, 0.3) is 0 Å². The minimum absolute atomic E-state index is 0.0534. The van der Waals surface area contributed by atoms with Gasteiger partial charge >= 0.3 is 12.1 Å². The first-order chi connectivity index (χ1) is 7.21. The topological polar surface area (TPSA) is 57.5 Å². The Kier molecular flexibility index (Phi) is 3.59. The molecule has 1 unspecified atom stereocenters. The summed E-state index contributed by atoms with van der Waals surface area (Å²) >= 11 is 2.82. The molecule has 0 amide bonds. The van der Waals surface area contributed by atoms with Gasteiger partial charge in [-0.05, 0) is 23.8 Å². The average molecular weight is 299 g/mol. The van der Waals surface area contributed by atoms with Gasteiger partial charge in [0.1, 0.15) is 0 Å². The van der Waals surface area contributed by atoms with Crippen LogP contribution >= 0.6 is 15.9 Å². The van der Waals surface area contributed by atoms with Gasteiger partial charge in [-0.1, -0.05) is 15.9 Å². The van der Waals surface area contributed by atoms with E-state index in [1.165, 1.54) is 0 Å². The fraction of sp³-hybridized carbons (Fsp3) is 0.222. The highest BCUT2D eigenvalue weighted by molar-refractivity contribution is 9.10. The Morgan fingerprint density at radius 2 is 1.88 bits per heavy atom. The highest BCUT2D eigenvalue weighted by Crippen LogP contribution is 2.33. The summed E-state index contributed by atoms with van der Waals surface area (Å²) in [5.74, 6) is -1.61. The van der Waals surface area contributed by atoms with E-state index in [2.05, 4.69) is 15.9 Å². The van der Waals surface area contributed by atoms with Crippen molar-refractivity contribution < 1.29 is 28.2 Å². The zero-order chi connectivity index (χ0) is 12.5. The second kappa shape index (κ2) is 4.42. The Labute approximate surface area is 96.6 Å². The number of halogens is 4. The lowest BCUT2D eigenvalue weighted by Crippen LogP contribution is -2.12. The lowest BCUT2D eigenvalue weighted by atomic mass is 10.1. The minimum Gasteiger partial charge on any atom is -0.479 e. The molecule has 0 saturated carbocycles. The molecular formula is C9H6BrF3O3. The first-order valence-electron chi connectivity index (χ1n) is 4.00. The van der Waals surface area contributed by atoms with E-state index in [9.17, 15) is 18.0 Å². The number of hydrogen-bond donors (Lipinski definition) is 2. The van der Waals surface area contributed by atoms with Crippen LogP contribution in [0.5, 0.6) is 0 Å². The standard InChI is InChI=1S/C9H6BrF3O3/c10-6-2-4(7(14)8(15)16)1-5(3-6)9(11,12)13/h1-3,7,14H,(H,15,16). The van der Waals surface area contributed by atoms with Crippen LogP contribution in [0, 0.1) is 0 Å². The van der Waals surface area contributed by atoms with Crippen molar-refractivity contribution in [2.75, 3.05) is 0 Å². The van der Waals surface area contributed by atoms with Crippen molar-refractivity contribution in [1.29, 1.82) is 0 Å². The minimum atomic E-state index is -4.59. The normalized spacial score (nSPS) is 13.6. The summed E-state index contributed by atoms with van der Waals surface area (Å²) in [5.41, 5.74) is -1.34. The van der Waals surface area contributed by atoms with Crippen LogP contribution in [0.2, 0.25) is 0 Å². The van der Waals surface area contributed by atoms with Crippen molar-refractivity contribution in [3.63, 3.8) is 0 Å². The van der Waals surface area contributed by atoms with E-state index in [0.717, 1.165) is 12.1 Å². The molecule has 2 N–H and O–H groups in total. The molecule has 0 fully saturated rings. The molecule has 0 aromatic heterocycles. The molecule has 0 heterocycles. The lowest BCUT2D eigenvalue weighted by Gasteiger charge is -2.11. The fourth-order valence-electron chi connectivity index (χ4n) is 1.08. The van der Waals surface area contributed by atoms with E-state index in [1.807, 2.05) is 0 Å². The van der Waals surface area contributed by atoms with Gasteiger partial charge < -0.3 is 10.2 Å². The van der Waals surface area contributed by atoms with Gasteiger partial charge in [-0.3, -0.25) is 0 Å². The first kappa shape index (κ1) is 13.0. The van der Waals surface area contributed by atoms with Crippen LogP contribution < -0.4 is 0 Å². The second-order valence-electron chi connectivity index (χ2n) is 3.01. The van der Waals surface area contributed by atoms with Crippen LogP contribution in [0.3, 0.4) is 0 Å². The number of carboxylic acid groups (broad SMARTS) is 1. The van der Waals surface area contributed by atoms with E-state index < -0.39 is 23.8 Å². The lowest BCUT2D eigenvalue weighted by molar-refractivity contribution is -0.147.